The van der Waals surface area contributed by atoms with Gasteiger partial charge < -0.3 is 10.1 Å². The number of hydrogen-bond acceptors (Lipinski definition) is 5. The van der Waals surface area contributed by atoms with Crippen LogP contribution in [0, 0.1) is 5.82 Å². The fraction of sp³-hybridized carbons (Fsp3) is 0.312. The molecule has 4 rings (SSSR count). The topological polar surface area (TPSA) is 67.4 Å². The Bertz CT molecular complexity index is 793. The first kappa shape index (κ1) is 15.3. The van der Waals surface area contributed by atoms with E-state index < -0.39 is 5.54 Å². The van der Waals surface area contributed by atoms with Crippen LogP contribution in [0.5, 0.6) is 0 Å². The normalized spacial score (nSPS) is 19.1. The number of hydrogen-bond donors (Lipinski definition) is 1. The largest absolute Gasteiger partial charge is 0.381 e. The average molecular weight is 349 g/mol. The second-order valence-corrected chi connectivity index (χ2v) is 6.15. The first-order valence-corrected chi connectivity index (χ1v) is 7.95. The molecule has 0 aliphatic carbocycles. The van der Waals surface area contributed by atoms with Crippen molar-refractivity contribution < 1.29 is 13.9 Å². The van der Waals surface area contributed by atoms with E-state index >= 15 is 0 Å². The van der Waals surface area contributed by atoms with Crippen LogP contribution in [-0.2, 0) is 9.53 Å². The minimum absolute atomic E-state index is 0.0943. The van der Waals surface area contributed by atoms with Gasteiger partial charge in [0.15, 0.2) is 5.82 Å². The zero-order valence-corrected chi connectivity index (χ0v) is 13.4. The zero-order valence-electron chi connectivity index (χ0n) is 12.6. The lowest BCUT2D eigenvalue weighted by Crippen LogP contribution is -2.58. The Hall–Kier alpha value is -2.25. The second kappa shape index (κ2) is 5.68. The third-order valence-corrected chi connectivity index (χ3v) is 4.56. The quantitative estimate of drug-likeness (QED) is 0.803. The SMILES string of the molecule is O=C1N(c2ccc(F)cc2)c2cnc(Cl)nc2NC12CCOCC2. The number of rotatable bonds is 1. The highest BCUT2D eigenvalue weighted by molar-refractivity contribution is 6.28. The molecular formula is C16H14ClFN4O2. The minimum Gasteiger partial charge on any atom is -0.381 e. The number of ether oxygens (including phenoxy) is 1. The summed E-state index contributed by atoms with van der Waals surface area (Å²) in [6.45, 7) is 0.953. The number of nitrogens with zero attached hydrogens (tertiary/aromatic N) is 3. The van der Waals surface area contributed by atoms with Crippen LogP contribution in [0.15, 0.2) is 30.5 Å². The second-order valence-electron chi connectivity index (χ2n) is 5.81. The number of nitrogens with one attached hydrogen (secondary N) is 1. The maximum Gasteiger partial charge on any atom is 0.257 e. The lowest BCUT2D eigenvalue weighted by atomic mass is 9.86. The van der Waals surface area contributed by atoms with E-state index in [2.05, 4.69) is 15.3 Å². The maximum absolute atomic E-state index is 13.3. The monoisotopic (exact) mass is 348 g/mol. The van der Waals surface area contributed by atoms with E-state index in [1.165, 1.54) is 23.2 Å². The number of carbonyl (C=O) groups is 1. The Morgan fingerprint density at radius 3 is 2.67 bits per heavy atom. The average Bonchev–Trinajstić information content (AvgIpc) is 2.58. The Morgan fingerprint density at radius 1 is 1.25 bits per heavy atom. The molecule has 2 aromatic rings. The van der Waals surface area contributed by atoms with E-state index in [0.29, 0.717) is 43.2 Å². The van der Waals surface area contributed by atoms with Crippen molar-refractivity contribution in [1.29, 1.82) is 0 Å². The maximum atomic E-state index is 13.3. The summed E-state index contributed by atoms with van der Waals surface area (Å²) in [5, 5.41) is 3.33. The lowest BCUT2D eigenvalue weighted by Gasteiger charge is -2.44. The van der Waals surface area contributed by atoms with Crippen molar-refractivity contribution in [3.8, 4) is 0 Å². The highest BCUT2D eigenvalue weighted by Crippen LogP contribution is 2.42. The van der Waals surface area contributed by atoms with E-state index in [1.807, 2.05) is 0 Å². The van der Waals surface area contributed by atoms with Crippen molar-refractivity contribution in [2.75, 3.05) is 23.4 Å². The Morgan fingerprint density at radius 2 is 1.96 bits per heavy atom. The predicted octanol–water partition coefficient (Wildman–Crippen LogP) is 2.91. The number of benzene rings is 1. The standard InChI is InChI=1S/C16H14ClFN4O2/c17-15-19-9-12-13(20-15)21-16(5-7-24-8-6-16)14(23)22(12)11-3-1-10(18)2-4-11/h1-4,9H,5-8H2,(H,19,20,21). The molecule has 0 saturated carbocycles. The summed E-state index contributed by atoms with van der Waals surface area (Å²) in [5.74, 6) is -0.00801. The van der Waals surface area contributed by atoms with Gasteiger partial charge >= 0.3 is 0 Å². The molecule has 2 aliphatic rings. The van der Waals surface area contributed by atoms with Crippen LogP contribution >= 0.6 is 11.6 Å². The molecule has 1 aromatic heterocycles. The summed E-state index contributed by atoms with van der Waals surface area (Å²) in [6.07, 6.45) is 2.53. The van der Waals surface area contributed by atoms with Crippen LogP contribution in [0.4, 0.5) is 21.6 Å². The van der Waals surface area contributed by atoms with Gasteiger partial charge in [-0.1, -0.05) is 0 Å². The van der Waals surface area contributed by atoms with Gasteiger partial charge in [0.05, 0.1) is 6.20 Å². The summed E-state index contributed by atoms with van der Waals surface area (Å²) in [7, 11) is 0. The van der Waals surface area contributed by atoms with E-state index in [-0.39, 0.29) is 17.0 Å². The van der Waals surface area contributed by atoms with Gasteiger partial charge in [-0.2, -0.15) is 4.98 Å². The van der Waals surface area contributed by atoms with Gasteiger partial charge in [-0.15, -0.1) is 0 Å². The first-order valence-electron chi connectivity index (χ1n) is 7.58. The smallest absolute Gasteiger partial charge is 0.257 e. The van der Waals surface area contributed by atoms with Crippen molar-refractivity contribution >= 4 is 34.7 Å². The Kier molecular flexibility index (Phi) is 3.62. The van der Waals surface area contributed by atoms with Crippen molar-refractivity contribution in [3.63, 3.8) is 0 Å². The van der Waals surface area contributed by atoms with Crippen LogP contribution in [0.25, 0.3) is 0 Å². The van der Waals surface area contributed by atoms with Gasteiger partial charge in [-0.25, -0.2) is 9.37 Å². The predicted molar refractivity (Wildman–Crippen MR) is 87.0 cm³/mol. The number of carbonyl (C=O) groups excluding carboxylic acids is 1. The summed E-state index contributed by atoms with van der Waals surface area (Å²) in [4.78, 5) is 23.0. The van der Waals surface area contributed by atoms with Crippen molar-refractivity contribution in [2.45, 2.75) is 18.4 Å². The van der Waals surface area contributed by atoms with E-state index in [4.69, 9.17) is 16.3 Å². The molecule has 0 atom stereocenters. The van der Waals surface area contributed by atoms with Crippen LogP contribution in [0.2, 0.25) is 5.28 Å². The van der Waals surface area contributed by atoms with Crippen molar-refractivity contribution in [3.05, 3.63) is 41.6 Å². The minimum atomic E-state index is -0.808. The summed E-state index contributed by atoms with van der Waals surface area (Å²) in [6, 6.07) is 5.75. The summed E-state index contributed by atoms with van der Waals surface area (Å²) >= 11 is 5.91. The molecule has 1 aromatic carbocycles. The van der Waals surface area contributed by atoms with Gasteiger partial charge in [0.2, 0.25) is 5.28 Å². The molecule has 1 N–H and O–H groups in total. The van der Waals surface area contributed by atoms with Crippen LogP contribution in [0.1, 0.15) is 12.8 Å². The molecule has 2 aliphatic heterocycles. The molecule has 1 amide bonds. The molecule has 124 valence electrons. The molecule has 8 heteroatoms. The Balaban J connectivity index is 1.86. The lowest BCUT2D eigenvalue weighted by molar-refractivity contribution is -0.125. The number of anilines is 3. The third kappa shape index (κ3) is 2.40. The molecule has 6 nitrogen and oxygen atoms in total. The molecule has 1 fully saturated rings. The number of fused-ring (bicyclic) bond motifs is 1. The zero-order chi connectivity index (χ0) is 16.7. The van der Waals surface area contributed by atoms with Crippen LogP contribution in [-0.4, -0.2) is 34.6 Å². The van der Waals surface area contributed by atoms with E-state index in [9.17, 15) is 9.18 Å². The van der Waals surface area contributed by atoms with Gasteiger partial charge in [-0.05, 0) is 35.9 Å². The molecule has 0 bridgehead atoms. The fourth-order valence-electron chi connectivity index (χ4n) is 3.12. The van der Waals surface area contributed by atoms with Gasteiger partial charge in [-0.3, -0.25) is 9.69 Å². The van der Waals surface area contributed by atoms with Gasteiger partial charge in [0.1, 0.15) is 17.0 Å². The molecular weight excluding hydrogens is 335 g/mol. The highest BCUT2D eigenvalue weighted by atomic mass is 35.5. The third-order valence-electron chi connectivity index (χ3n) is 4.38. The molecule has 0 radical (unpaired) electrons. The number of halogens is 2. The van der Waals surface area contributed by atoms with Crippen molar-refractivity contribution in [2.24, 2.45) is 0 Å². The number of aromatic nitrogens is 2. The van der Waals surface area contributed by atoms with Gasteiger partial charge in [0.25, 0.3) is 5.91 Å². The van der Waals surface area contributed by atoms with Gasteiger partial charge in [0, 0.05) is 31.7 Å². The molecule has 24 heavy (non-hydrogen) atoms. The number of amides is 1. The molecule has 1 spiro atoms. The first-order chi connectivity index (χ1) is 11.6. The fourth-order valence-corrected chi connectivity index (χ4v) is 3.25. The molecule has 0 unspecified atom stereocenters. The van der Waals surface area contributed by atoms with Crippen molar-refractivity contribution in [1.82, 2.24) is 9.97 Å². The molecule has 3 heterocycles. The molecule has 1 saturated heterocycles. The Labute approximate surface area is 142 Å². The van der Waals surface area contributed by atoms with E-state index in [1.54, 1.807) is 12.1 Å². The van der Waals surface area contributed by atoms with Crippen LogP contribution < -0.4 is 10.2 Å². The van der Waals surface area contributed by atoms with E-state index in [0.717, 1.165) is 0 Å². The van der Waals surface area contributed by atoms with Crippen LogP contribution in [0.3, 0.4) is 0 Å². The highest BCUT2D eigenvalue weighted by Gasteiger charge is 2.48. The summed E-state index contributed by atoms with van der Waals surface area (Å²) in [5.41, 5.74) is 0.242. The summed E-state index contributed by atoms with van der Waals surface area (Å²) < 4.78 is 18.7.